The van der Waals surface area contributed by atoms with E-state index in [4.69, 9.17) is 4.74 Å². The first-order valence-corrected chi connectivity index (χ1v) is 8.56. The van der Waals surface area contributed by atoms with Crippen LogP contribution < -0.4 is 0 Å². The molecule has 1 aliphatic heterocycles. The highest BCUT2D eigenvalue weighted by Crippen LogP contribution is 2.25. The van der Waals surface area contributed by atoms with Gasteiger partial charge in [0.1, 0.15) is 0 Å². The lowest BCUT2D eigenvalue weighted by Crippen LogP contribution is -2.32. The molecule has 1 aromatic rings. The van der Waals surface area contributed by atoms with Crippen molar-refractivity contribution in [2.45, 2.75) is 53.7 Å². The molecule has 3 heteroatoms. The van der Waals surface area contributed by atoms with Gasteiger partial charge < -0.3 is 9.84 Å². The van der Waals surface area contributed by atoms with E-state index in [1.54, 1.807) is 0 Å². The minimum absolute atomic E-state index is 0.136. The third kappa shape index (κ3) is 4.09. The Morgan fingerprint density at radius 1 is 1.14 bits per heavy atom. The van der Waals surface area contributed by atoms with Crippen LogP contribution in [0.4, 0.5) is 0 Å². The van der Waals surface area contributed by atoms with E-state index in [0.717, 1.165) is 44.3 Å². The minimum atomic E-state index is 0.136. The van der Waals surface area contributed by atoms with Crippen LogP contribution in [0.1, 0.15) is 47.6 Å². The largest absolute Gasteiger partial charge is 0.392 e. The molecule has 1 N–H and O–H groups in total. The highest BCUT2D eigenvalue weighted by Gasteiger charge is 2.19. The van der Waals surface area contributed by atoms with E-state index in [1.807, 2.05) is 0 Å². The summed E-state index contributed by atoms with van der Waals surface area (Å²) >= 11 is 0. The molecule has 2 rings (SSSR count). The molecule has 0 saturated carbocycles. The van der Waals surface area contributed by atoms with Crippen molar-refractivity contribution in [3.05, 3.63) is 33.9 Å². The fraction of sp³-hybridized carbons (Fsp3) is 0.684. The number of aliphatic hydroxyl groups excluding tert-OH is 1. The van der Waals surface area contributed by atoms with Gasteiger partial charge in [0.2, 0.25) is 0 Å². The number of hydrogen-bond donors (Lipinski definition) is 1. The van der Waals surface area contributed by atoms with Crippen LogP contribution in [0.5, 0.6) is 0 Å². The first kappa shape index (κ1) is 17.5. The SMILES string of the molecule is CCN(Cc1c(C)cc(C)c(CO)c1C)CC1CCOCC1. The maximum Gasteiger partial charge on any atom is 0.0687 e. The van der Waals surface area contributed by atoms with Gasteiger partial charge in [-0.15, -0.1) is 0 Å². The van der Waals surface area contributed by atoms with E-state index < -0.39 is 0 Å². The Morgan fingerprint density at radius 2 is 1.77 bits per heavy atom. The number of benzene rings is 1. The number of aliphatic hydroxyl groups is 1. The number of nitrogens with zero attached hydrogens (tertiary/aromatic N) is 1. The van der Waals surface area contributed by atoms with Gasteiger partial charge in [-0.1, -0.05) is 13.0 Å². The molecule has 22 heavy (non-hydrogen) atoms. The summed E-state index contributed by atoms with van der Waals surface area (Å²) in [5.74, 6) is 0.761. The predicted octanol–water partition coefficient (Wildman–Crippen LogP) is 3.35. The molecule has 1 aliphatic rings. The number of ether oxygens (including phenoxy) is 1. The zero-order chi connectivity index (χ0) is 16.1. The fourth-order valence-corrected chi connectivity index (χ4v) is 3.58. The highest BCUT2D eigenvalue weighted by atomic mass is 16.5. The van der Waals surface area contributed by atoms with Crippen molar-refractivity contribution >= 4 is 0 Å². The number of hydrogen-bond acceptors (Lipinski definition) is 3. The van der Waals surface area contributed by atoms with Gasteiger partial charge in [-0.05, 0) is 73.9 Å². The third-order valence-electron chi connectivity index (χ3n) is 5.13. The van der Waals surface area contributed by atoms with Gasteiger partial charge in [-0.25, -0.2) is 0 Å². The van der Waals surface area contributed by atoms with Gasteiger partial charge in [0.15, 0.2) is 0 Å². The molecule has 0 atom stereocenters. The maximum absolute atomic E-state index is 9.64. The first-order valence-electron chi connectivity index (χ1n) is 8.56. The molecule has 1 heterocycles. The van der Waals surface area contributed by atoms with Crippen molar-refractivity contribution < 1.29 is 9.84 Å². The van der Waals surface area contributed by atoms with Crippen molar-refractivity contribution in [1.82, 2.24) is 4.90 Å². The van der Waals surface area contributed by atoms with E-state index in [0.29, 0.717) is 0 Å². The molecule has 0 spiro atoms. The summed E-state index contributed by atoms with van der Waals surface area (Å²) in [5, 5.41) is 9.64. The van der Waals surface area contributed by atoms with Gasteiger partial charge in [0.05, 0.1) is 6.61 Å². The lowest BCUT2D eigenvalue weighted by Gasteiger charge is -2.30. The van der Waals surface area contributed by atoms with E-state index in [9.17, 15) is 5.11 Å². The Labute approximate surface area is 135 Å². The average molecular weight is 305 g/mol. The summed E-state index contributed by atoms with van der Waals surface area (Å²) in [6.07, 6.45) is 2.37. The summed E-state index contributed by atoms with van der Waals surface area (Å²) in [6.45, 7) is 13.9. The highest BCUT2D eigenvalue weighted by molar-refractivity contribution is 5.44. The molecule has 1 fully saturated rings. The molecule has 0 aromatic heterocycles. The van der Waals surface area contributed by atoms with Gasteiger partial charge in [0, 0.05) is 26.3 Å². The smallest absolute Gasteiger partial charge is 0.0687 e. The van der Waals surface area contributed by atoms with Crippen molar-refractivity contribution in [3.63, 3.8) is 0 Å². The third-order valence-corrected chi connectivity index (χ3v) is 5.13. The van der Waals surface area contributed by atoms with E-state index in [1.165, 1.54) is 35.1 Å². The standard InChI is InChI=1S/C19H31NO2/c1-5-20(11-17-6-8-22-9-7-17)12-18-14(2)10-15(3)19(13-21)16(18)4/h10,17,21H,5-9,11-13H2,1-4H3. The molecule has 1 aromatic carbocycles. The van der Waals surface area contributed by atoms with Crippen LogP contribution in [0.25, 0.3) is 0 Å². The Balaban J connectivity index is 2.13. The maximum atomic E-state index is 9.64. The van der Waals surface area contributed by atoms with Gasteiger partial charge in [0.25, 0.3) is 0 Å². The van der Waals surface area contributed by atoms with Gasteiger partial charge in [-0.3, -0.25) is 4.90 Å². The van der Waals surface area contributed by atoms with Crippen molar-refractivity contribution in [1.29, 1.82) is 0 Å². The molecule has 0 amide bonds. The zero-order valence-electron chi connectivity index (χ0n) is 14.6. The Morgan fingerprint density at radius 3 is 2.36 bits per heavy atom. The molecule has 0 bridgehead atoms. The van der Waals surface area contributed by atoms with Crippen LogP contribution in [0.2, 0.25) is 0 Å². The topological polar surface area (TPSA) is 32.7 Å². The van der Waals surface area contributed by atoms with Crippen LogP contribution in [0.15, 0.2) is 6.07 Å². The molecule has 0 radical (unpaired) electrons. The summed E-state index contributed by atoms with van der Waals surface area (Å²) < 4.78 is 5.47. The van der Waals surface area contributed by atoms with Crippen molar-refractivity contribution in [3.8, 4) is 0 Å². The second kappa shape index (κ2) is 8.09. The fourth-order valence-electron chi connectivity index (χ4n) is 3.58. The van der Waals surface area contributed by atoms with Gasteiger partial charge in [-0.2, -0.15) is 0 Å². The van der Waals surface area contributed by atoms with Crippen LogP contribution in [-0.4, -0.2) is 36.3 Å². The normalized spacial score (nSPS) is 16.5. The van der Waals surface area contributed by atoms with Crippen LogP contribution in [-0.2, 0) is 17.9 Å². The second-order valence-electron chi connectivity index (χ2n) is 6.63. The molecule has 0 aliphatic carbocycles. The Hall–Kier alpha value is -0.900. The molecular formula is C19H31NO2. The molecule has 1 saturated heterocycles. The van der Waals surface area contributed by atoms with Crippen LogP contribution >= 0.6 is 0 Å². The lowest BCUT2D eigenvalue weighted by atomic mass is 9.93. The average Bonchev–Trinajstić information content (AvgIpc) is 2.51. The number of aryl methyl sites for hydroxylation is 2. The van der Waals surface area contributed by atoms with E-state index in [2.05, 4.69) is 38.7 Å². The molecule has 0 unspecified atom stereocenters. The monoisotopic (exact) mass is 305 g/mol. The minimum Gasteiger partial charge on any atom is -0.392 e. The zero-order valence-corrected chi connectivity index (χ0v) is 14.6. The summed E-state index contributed by atoms with van der Waals surface area (Å²) in [6, 6.07) is 2.22. The quantitative estimate of drug-likeness (QED) is 0.875. The molecule has 3 nitrogen and oxygen atoms in total. The summed E-state index contributed by atoms with van der Waals surface area (Å²) in [5.41, 5.74) is 6.31. The van der Waals surface area contributed by atoms with E-state index in [-0.39, 0.29) is 6.61 Å². The van der Waals surface area contributed by atoms with E-state index >= 15 is 0 Å². The van der Waals surface area contributed by atoms with Crippen molar-refractivity contribution in [2.75, 3.05) is 26.3 Å². The lowest BCUT2D eigenvalue weighted by molar-refractivity contribution is 0.0521. The predicted molar refractivity (Wildman–Crippen MR) is 91.1 cm³/mol. The molecule has 124 valence electrons. The summed E-state index contributed by atoms with van der Waals surface area (Å²) in [7, 11) is 0. The first-order chi connectivity index (χ1) is 10.6. The van der Waals surface area contributed by atoms with Crippen LogP contribution in [0, 0.1) is 26.7 Å². The van der Waals surface area contributed by atoms with Crippen LogP contribution in [0.3, 0.4) is 0 Å². The van der Waals surface area contributed by atoms with Crippen molar-refractivity contribution in [2.24, 2.45) is 5.92 Å². The number of rotatable bonds is 6. The second-order valence-corrected chi connectivity index (χ2v) is 6.63. The van der Waals surface area contributed by atoms with Gasteiger partial charge >= 0.3 is 0 Å². The Bertz CT molecular complexity index is 493. The Kier molecular flexibility index (Phi) is 6.42. The molecular weight excluding hydrogens is 274 g/mol. The summed E-state index contributed by atoms with van der Waals surface area (Å²) in [4.78, 5) is 2.54.